The summed E-state index contributed by atoms with van der Waals surface area (Å²) >= 11 is 12.0. The van der Waals surface area contributed by atoms with Crippen LogP contribution in [0.1, 0.15) is 25.3 Å². The Morgan fingerprint density at radius 1 is 1.13 bits per heavy atom. The molecule has 0 saturated carbocycles. The number of aromatic nitrogens is 2. The first-order chi connectivity index (χ1) is 11.1. The maximum absolute atomic E-state index is 11.5. The van der Waals surface area contributed by atoms with Crippen LogP contribution in [0.3, 0.4) is 0 Å². The average molecular weight is 353 g/mol. The lowest BCUT2D eigenvalue weighted by Crippen LogP contribution is -2.13. The van der Waals surface area contributed by atoms with E-state index >= 15 is 0 Å². The summed E-state index contributed by atoms with van der Waals surface area (Å²) in [5.41, 5.74) is 1.01. The second kappa shape index (κ2) is 8.70. The predicted octanol–water partition coefficient (Wildman–Crippen LogP) is 4.18. The number of carbonyl (C=O) groups excluding carboxylic acids is 1. The summed E-state index contributed by atoms with van der Waals surface area (Å²) < 4.78 is 0. The summed E-state index contributed by atoms with van der Waals surface area (Å²) in [4.78, 5) is 11.5. The molecule has 0 bridgehead atoms. The molecule has 1 aromatic carbocycles. The Morgan fingerprint density at radius 3 is 2.52 bits per heavy atom. The zero-order valence-electron chi connectivity index (χ0n) is 12.8. The Labute approximate surface area is 145 Å². The first kappa shape index (κ1) is 17.5. The van der Waals surface area contributed by atoms with Gasteiger partial charge in [-0.1, -0.05) is 36.2 Å². The van der Waals surface area contributed by atoms with E-state index in [4.69, 9.17) is 23.2 Å². The van der Waals surface area contributed by atoms with E-state index in [2.05, 4.69) is 20.8 Å². The van der Waals surface area contributed by atoms with Crippen LogP contribution < -0.4 is 10.6 Å². The highest BCUT2D eigenvalue weighted by Gasteiger charge is 2.04. The second-order valence-electron chi connectivity index (χ2n) is 5.01. The lowest BCUT2D eigenvalue weighted by molar-refractivity contribution is -0.116. The number of hydrogen-bond donors (Lipinski definition) is 2. The first-order valence-corrected chi connectivity index (χ1v) is 8.15. The molecule has 0 fully saturated rings. The van der Waals surface area contributed by atoms with Crippen LogP contribution in [0, 0.1) is 0 Å². The molecule has 0 aliphatic carbocycles. The zero-order valence-corrected chi connectivity index (χ0v) is 14.3. The molecule has 0 aliphatic rings. The number of carbonyl (C=O) groups is 1. The van der Waals surface area contributed by atoms with Crippen molar-refractivity contribution in [2.75, 3.05) is 17.2 Å². The van der Waals surface area contributed by atoms with Crippen LogP contribution in [0.4, 0.5) is 11.6 Å². The van der Waals surface area contributed by atoms with Crippen molar-refractivity contribution < 1.29 is 4.79 Å². The van der Waals surface area contributed by atoms with E-state index in [1.807, 2.05) is 19.1 Å². The molecule has 0 spiro atoms. The minimum Gasteiger partial charge on any atom is -0.368 e. The normalized spacial score (nSPS) is 10.4. The van der Waals surface area contributed by atoms with Crippen LogP contribution >= 0.6 is 23.2 Å². The summed E-state index contributed by atoms with van der Waals surface area (Å²) in [6.07, 6.45) is 2.02. The zero-order chi connectivity index (χ0) is 16.7. The smallest absolute Gasteiger partial charge is 0.225 e. The molecule has 0 aliphatic heterocycles. The van der Waals surface area contributed by atoms with Gasteiger partial charge in [-0.15, -0.1) is 10.2 Å². The molecule has 5 nitrogen and oxygen atoms in total. The molecule has 23 heavy (non-hydrogen) atoms. The van der Waals surface area contributed by atoms with Gasteiger partial charge in [-0.2, -0.15) is 0 Å². The third-order valence-corrected chi connectivity index (χ3v) is 3.71. The fraction of sp³-hybridized carbons (Fsp3) is 0.312. The average Bonchev–Trinajstić information content (AvgIpc) is 2.51. The first-order valence-electron chi connectivity index (χ1n) is 7.40. The standard InChI is InChI=1S/C16H18Cl2N4O/c1-2-3-16(23)20-15-7-6-14(21-22-15)19-9-8-11-4-5-12(17)10-13(11)18/h4-7,10H,2-3,8-9H2,1H3,(H,19,21)(H,20,22,23). The van der Waals surface area contributed by atoms with Crippen molar-refractivity contribution in [3.8, 4) is 0 Å². The summed E-state index contributed by atoms with van der Waals surface area (Å²) in [7, 11) is 0. The van der Waals surface area contributed by atoms with Gasteiger partial charge in [0.2, 0.25) is 5.91 Å². The Hall–Kier alpha value is -1.85. The van der Waals surface area contributed by atoms with Crippen molar-refractivity contribution in [3.63, 3.8) is 0 Å². The topological polar surface area (TPSA) is 66.9 Å². The lowest BCUT2D eigenvalue weighted by atomic mass is 10.1. The van der Waals surface area contributed by atoms with E-state index < -0.39 is 0 Å². The number of anilines is 2. The number of halogens is 2. The van der Waals surface area contributed by atoms with Crippen molar-refractivity contribution in [1.82, 2.24) is 10.2 Å². The number of amides is 1. The summed E-state index contributed by atoms with van der Waals surface area (Å²) in [6, 6.07) is 8.95. The molecule has 7 heteroatoms. The van der Waals surface area contributed by atoms with Crippen LogP contribution in [0.5, 0.6) is 0 Å². The maximum Gasteiger partial charge on any atom is 0.225 e. The second-order valence-corrected chi connectivity index (χ2v) is 5.86. The molecule has 0 unspecified atom stereocenters. The molecule has 2 rings (SSSR count). The number of rotatable bonds is 7. The van der Waals surface area contributed by atoms with Gasteiger partial charge in [0.1, 0.15) is 5.82 Å². The van der Waals surface area contributed by atoms with E-state index in [1.54, 1.807) is 18.2 Å². The van der Waals surface area contributed by atoms with E-state index in [9.17, 15) is 4.79 Å². The van der Waals surface area contributed by atoms with Gasteiger partial charge in [0, 0.05) is 23.0 Å². The van der Waals surface area contributed by atoms with Gasteiger partial charge in [0.15, 0.2) is 5.82 Å². The SMILES string of the molecule is CCCC(=O)Nc1ccc(NCCc2ccc(Cl)cc2Cl)nn1. The van der Waals surface area contributed by atoms with Crippen molar-refractivity contribution in [2.45, 2.75) is 26.2 Å². The molecular formula is C16H18Cl2N4O. The number of nitrogens with one attached hydrogen (secondary N) is 2. The van der Waals surface area contributed by atoms with Crippen LogP contribution in [0.2, 0.25) is 10.0 Å². The van der Waals surface area contributed by atoms with Gasteiger partial charge in [0.05, 0.1) is 0 Å². The summed E-state index contributed by atoms with van der Waals surface area (Å²) in [6.45, 7) is 2.61. The van der Waals surface area contributed by atoms with Crippen molar-refractivity contribution >= 4 is 40.7 Å². The van der Waals surface area contributed by atoms with Gasteiger partial charge in [-0.25, -0.2) is 0 Å². The van der Waals surface area contributed by atoms with Crippen LogP contribution in [-0.4, -0.2) is 22.6 Å². The summed E-state index contributed by atoms with van der Waals surface area (Å²) in [5.74, 6) is 1.04. The number of nitrogens with zero attached hydrogens (tertiary/aromatic N) is 2. The third-order valence-electron chi connectivity index (χ3n) is 3.12. The van der Waals surface area contributed by atoms with E-state index in [0.717, 1.165) is 18.4 Å². The largest absolute Gasteiger partial charge is 0.368 e. The van der Waals surface area contributed by atoms with Gasteiger partial charge in [-0.05, 0) is 42.7 Å². The number of benzene rings is 1. The summed E-state index contributed by atoms with van der Waals surface area (Å²) in [5, 5.41) is 15.1. The highest BCUT2D eigenvalue weighted by Crippen LogP contribution is 2.21. The van der Waals surface area contributed by atoms with Gasteiger partial charge in [-0.3, -0.25) is 4.79 Å². The van der Waals surface area contributed by atoms with Crippen LogP contribution in [0.25, 0.3) is 0 Å². The molecular weight excluding hydrogens is 335 g/mol. The Kier molecular flexibility index (Phi) is 6.62. The van der Waals surface area contributed by atoms with Gasteiger partial charge < -0.3 is 10.6 Å². The minimum absolute atomic E-state index is 0.0557. The lowest BCUT2D eigenvalue weighted by Gasteiger charge is -2.08. The van der Waals surface area contributed by atoms with Gasteiger partial charge >= 0.3 is 0 Å². The molecule has 2 aromatic rings. The molecule has 1 amide bonds. The van der Waals surface area contributed by atoms with E-state index in [0.29, 0.717) is 34.6 Å². The third kappa shape index (κ3) is 5.69. The quantitative estimate of drug-likeness (QED) is 0.784. The number of hydrogen-bond acceptors (Lipinski definition) is 4. The Bertz CT molecular complexity index is 662. The van der Waals surface area contributed by atoms with Crippen LogP contribution in [0.15, 0.2) is 30.3 Å². The van der Waals surface area contributed by atoms with Crippen molar-refractivity contribution in [3.05, 3.63) is 45.9 Å². The molecule has 0 radical (unpaired) electrons. The molecule has 0 saturated heterocycles. The predicted molar refractivity (Wildman–Crippen MR) is 94.2 cm³/mol. The van der Waals surface area contributed by atoms with E-state index in [-0.39, 0.29) is 5.91 Å². The van der Waals surface area contributed by atoms with Gasteiger partial charge in [0.25, 0.3) is 0 Å². The Morgan fingerprint density at radius 2 is 1.87 bits per heavy atom. The monoisotopic (exact) mass is 352 g/mol. The van der Waals surface area contributed by atoms with E-state index in [1.165, 1.54) is 0 Å². The fourth-order valence-electron chi connectivity index (χ4n) is 1.98. The highest BCUT2D eigenvalue weighted by atomic mass is 35.5. The van der Waals surface area contributed by atoms with Crippen LogP contribution in [-0.2, 0) is 11.2 Å². The van der Waals surface area contributed by atoms with Crippen molar-refractivity contribution in [2.24, 2.45) is 0 Å². The molecule has 1 aromatic heterocycles. The maximum atomic E-state index is 11.5. The highest BCUT2D eigenvalue weighted by molar-refractivity contribution is 6.35. The molecule has 0 atom stereocenters. The minimum atomic E-state index is -0.0557. The van der Waals surface area contributed by atoms with Crippen molar-refractivity contribution in [1.29, 1.82) is 0 Å². The fourth-order valence-corrected chi connectivity index (χ4v) is 2.48. The molecule has 2 N–H and O–H groups in total. The Balaban J connectivity index is 1.83. The molecule has 1 heterocycles. The molecule has 122 valence electrons.